The van der Waals surface area contributed by atoms with E-state index in [2.05, 4.69) is 57.6 Å². The number of benzene rings is 2. The summed E-state index contributed by atoms with van der Waals surface area (Å²) in [4.78, 5) is 0. The first-order valence-electron chi connectivity index (χ1n) is 5.84. The standard InChI is InChI=1S/C15H16BrNO/c1-18-11-13-5-2-4-12(8-13)10-17-15-7-3-6-14(16)9-15/h2-9,17H,10-11H2,1H3. The Morgan fingerprint density at radius 1 is 1.06 bits per heavy atom. The van der Waals surface area contributed by atoms with Gasteiger partial charge in [-0.25, -0.2) is 0 Å². The molecule has 2 aromatic rings. The maximum Gasteiger partial charge on any atom is 0.0713 e. The average molecular weight is 306 g/mol. The molecule has 2 rings (SSSR count). The first-order chi connectivity index (χ1) is 8.78. The Bertz CT molecular complexity index is 513. The van der Waals surface area contributed by atoms with Gasteiger partial charge in [0, 0.05) is 23.8 Å². The van der Waals surface area contributed by atoms with E-state index in [0.29, 0.717) is 6.61 Å². The van der Waals surface area contributed by atoms with Gasteiger partial charge in [0.2, 0.25) is 0 Å². The van der Waals surface area contributed by atoms with Crippen LogP contribution in [0.1, 0.15) is 11.1 Å². The van der Waals surface area contributed by atoms with E-state index in [4.69, 9.17) is 4.74 Å². The molecule has 0 bridgehead atoms. The number of hydrogen-bond donors (Lipinski definition) is 1. The topological polar surface area (TPSA) is 21.3 Å². The molecule has 2 aromatic carbocycles. The lowest BCUT2D eigenvalue weighted by molar-refractivity contribution is 0.185. The Morgan fingerprint density at radius 3 is 2.61 bits per heavy atom. The molecule has 0 aliphatic heterocycles. The summed E-state index contributed by atoms with van der Waals surface area (Å²) >= 11 is 3.46. The minimum Gasteiger partial charge on any atom is -0.381 e. The highest BCUT2D eigenvalue weighted by molar-refractivity contribution is 9.10. The lowest BCUT2D eigenvalue weighted by atomic mass is 10.1. The van der Waals surface area contributed by atoms with Gasteiger partial charge in [-0.3, -0.25) is 0 Å². The van der Waals surface area contributed by atoms with Gasteiger partial charge in [0.1, 0.15) is 0 Å². The second kappa shape index (κ2) is 6.57. The van der Waals surface area contributed by atoms with Crippen molar-refractivity contribution in [3.8, 4) is 0 Å². The van der Waals surface area contributed by atoms with Crippen LogP contribution < -0.4 is 5.32 Å². The largest absolute Gasteiger partial charge is 0.381 e. The van der Waals surface area contributed by atoms with Gasteiger partial charge in [-0.2, -0.15) is 0 Å². The summed E-state index contributed by atoms with van der Waals surface area (Å²) in [6, 6.07) is 16.6. The van der Waals surface area contributed by atoms with Crippen molar-refractivity contribution in [2.45, 2.75) is 13.2 Å². The molecule has 94 valence electrons. The van der Waals surface area contributed by atoms with Crippen LogP contribution in [0, 0.1) is 0 Å². The minimum atomic E-state index is 0.657. The molecule has 0 aliphatic carbocycles. The SMILES string of the molecule is COCc1cccc(CNc2cccc(Br)c2)c1. The Labute approximate surface area is 116 Å². The third-order valence-electron chi connectivity index (χ3n) is 2.62. The Kier molecular flexibility index (Phi) is 4.79. The van der Waals surface area contributed by atoms with Gasteiger partial charge in [-0.1, -0.05) is 46.3 Å². The summed E-state index contributed by atoms with van der Waals surface area (Å²) in [5.41, 5.74) is 3.57. The third kappa shape index (κ3) is 3.86. The molecular formula is C15H16BrNO. The molecule has 0 unspecified atom stereocenters. The summed E-state index contributed by atoms with van der Waals surface area (Å²) in [6.07, 6.45) is 0. The third-order valence-corrected chi connectivity index (χ3v) is 3.12. The van der Waals surface area contributed by atoms with Crippen molar-refractivity contribution in [3.05, 3.63) is 64.1 Å². The van der Waals surface area contributed by atoms with Crippen molar-refractivity contribution < 1.29 is 4.74 Å². The molecule has 0 heterocycles. The predicted molar refractivity (Wildman–Crippen MR) is 78.6 cm³/mol. The van der Waals surface area contributed by atoms with Crippen LogP contribution in [0.25, 0.3) is 0 Å². The second-order valence-corrected chi connectivity index (χ2v) is 5.03. The number of hydrogen-bond acceptors (Lipinski definition) is 2. The molecule has 0 atom stereocenters. The molecule has 0 fully saturated rings. The second-order valence-electron chi connectivity index (χ2n) is 4.12. The Balaban J connectivity index is 1.99. The number of methoxy groups -OCH3 is 1. The predicted octanol–water partition coefficient (Wildman–Crippen LogP) is 4.21. The molecule has 1 N–H and O–H groups in total. The first kappa shape index (κ1) is 13.1. The van der Waals surface area contributed by atoms with E-state index in [-0.39, 0.29) is 0 Å². The van der Waals surface area contributed by atoms with Crippen LogP contribution in [0.15, 0.2) is 53.0 Å². The Hall–Kier alpha value is -1.32. The van der Waals surface area contributed by atoms with E-state index >= 15 is 0 Å². The number of anilines is 1. The van der Waals surface area contributed by atoms with Crippen molar-refractivity contribution in [2.75, 3.05) is 12.4 Å². The molecule has 18 heavy (non-hydrogen) atoms. The molecule has 0 spiro atoms. The van der Waals surface area contributed by atoms with Crippen molar-refractivity contribution in [1.82, 2.24) is 0 Å². The normalized spacial score (nSPS) is 10.3. The molecule has 0 radical (unpaired) electrons. The highest BCUT2D eigenvalue weighted by Gasteiger charge is 1.97. The van der Waals surface area contributed by atoms with Gasteiger partial charge in [-0.05, 0) is 29.3 Å². The lowest BCUT2D eigenvalue weighted by Gasteiger charge is -2.08. The summed E-state index contributed by atoms with van der Waals surface area (Å²) in [6.45, 7) is 1.47. The molecular weight excluding hydrogens is 290 g/mol. The molecule has 0 amide bonds. The van der Waals surface area contributed by atoms with Crippen LogP contribution in [0.5, 0.6) is 0 Å². The van der Waals surface area contributed by atoms with E-state index in [9.17, 15) is 0 Å². The zero-order valence-corrected chi connectivity index (χ0v) is 11.9. The van der Waals surface area contributed by atoms with Crippen LogP contribution in [0.4, 0.5) is 5.69 Å². The van der Waals surface area contributed by atoms with Gasteiger partial charge in [0.05, 0.1) is 6.61 Å². The maximum atomic E-state index is 5.13. The zero-order valence-electron chi connectivity index (χ0n) is 10.3. The monoisotopic (exact) mass is 305 g/mol. The fourth-order valence-corrected chi connectivity index (χ4v) is 2.20. The van der Waals surface area contributed by atoms with Gasteiger partial charge in [-0.15, -0.1) is 0 Å². The molecule has 3 heteroatoms. The average Bonchev–Trinajstić information content (AvgIpc) is 2.37. The fraction of sp³-hybridized carbons (Fsp3) is 0.200. The Morgan fingerprint density at radius 2 is 1.83 bits per heavy atom. The van der Waals surface area contributed by atoms with Crippen LogP contribution in [0.3, 0.4) is 0 Å². The van der Waals surface area contributed by atoms with Crippen molar-refractivity contribution in [1.29, 1.82) is 0 Å². The summed E-state index contributed by atoms with van der Waals surface area (Å²) in [5, 5.41) is 3.40. The molecule has 2 nitrogen and oxygen atoms in total. The molecule has 0 saturated heterocycles. The van der Waals surface area contributed by atoms with Crippen LogP contribution in [0.2, 0.25) is 0 Å². The quantitative estimate of drug-likeness (QED) is 0.893. The van der Waals surface area contributed by atoms with E-state index in [1.807, 2.05) is 12.1 Å². The first-order valence-corrected chi connectivity index (χ1v) is 6.63. The summed E-state index contributed by atoms with van der Waals surface area (Å²) < 4.78 is 6.22. The highest BCUT2D eigenvalue weighted by Crippen LogP contribution is 2.16. The minimum absolute atomic E-state index is 0.657. The van der Waals surface area contributed by atoms with Gasteiger partial charge >= 0.3 is 0 Å². The van der Waals surface area contributed by atoms with Gasteiger partial charge < -0.3 is 10.1 Å². The zero-order chi connectivity index (χ0) is 12.8. The molecule has 0 aromatic heterocycles. The number of rotatable bonds is 5. The molecule has 0 saturated carbocycles. The summed E-state index contributed by atoms with van der Waals surface area (Å²) in [7, 11) is 1.71. The van der Waals surface area contributed by atoms with Crippen LogP contribution >= 0.6 is 15.9 Å². The lowest BCUT2D eigenvalue weighted by Crippen LogP contribution is -2.00. The molecule has 0 aliphatic rings. The maximum absolute atomic E-state index is 5.13. The number of nitrogens with one attached hydrogen (secondary N) is 1. The van der Waals surface area contributed by atoms with Crippen molar-refractivity contribution in [3.63, 3.8) is 0 Å². The van der Waals surface area contributed by atoms with E-state index in [0.717, 1.165) is 16.7 Å². The summed E-state index contributed by atoms with van der Waals surface area (Å²) in [5.74, 6) is 0. The van der Waals surface area contributed by atoms with Gasteiger partial charge in [0.25, 0.3) is 0 Å². The highest BCUT2D eigenvalue weighted by atomic mass is 79.9. The van der Waals surface area contributed by atoms with Crippen molar-refractivity contribution >= 4 is 21.6 Å². The smallest absolute Gasteiger partial charge is 0.0713 e. The van der Waals surface area contributed by atoms with E-state index in [1.165, 1.54) is 11.1 Å². The van der Waals surface area contributed by atoms with Crippen LogP contribution in [-0.4, -0.2) is 7.11 Å². The van der Waals surface area contributed by atoms with E-state index in [1.54, 1.807) is 7.11 Å². The van der Waals surface area contributed by atoms with Crippen LogP contribution in [-0.2, 0) is 17.9 Å². The van der Waals surface area contributed by atoms with Crippen molar-refractivity contribution in [2.24, 2.45) is 0 Å². The fourth-order valence-electron chi connectivity index (χ4n) is 1.80. The van der Waals surface area contributed by atoms with E-state index < -0.39 is 0 Å². The number of halogens is 1. The number of ether oxygens (including phenoxy) is 1. The van der Waals surface area contributed by atoms with Gasteiger partial charge in [0.15, 0.2) is 0 Å².